The summed E-state index contributed by atoms with van der Waals surface area (Å²) in [4.78, 5) is 19.2. The normalized spacial score (nSPS) is 11.6. The summed E-state index contributed by atoms with van der Waals surface area (Å²) in [5.74, 6) is 0.619. The maximum atomic E-state index is 11.8. The van der Waals surface area contributed by atoms with Gasteiger partial charge in [-0.3, -0.25) is 4.79 Å². The zero-order valence-corrected chi connectivity index (χ0v) is 13.1. The molecule has 0 radical (unpaired) electrons. The Kier molecular flexibility index (Phi) is 3.63. The molecule has 0 saturated carbocycles. The zero-order valence-electron chi connectivity index (χ0n) is 11.5. The molecule has 4 heteroatoms. The van der Waals surface area contributed by atoms with Gasteiger partial charge in [-0.15, -0.1) is 0 Å². The van der Waals surface area contributed by atoms with Gasteiger partial charge in [0.2, 0.25) is 0 Å². The van der Waals surface area contributed by atoms with Crippen molar-refractivity contribution in [3.05, 3.63) is 50.3 Å². The first kappa shape index (κ1) is 14.0. The Morgan fingerprint density at radius 1 is 1.21 bits per heavy atom. The molecular formula is C15H17BrN2O. The van der Waals surface area contributed by atoms with E-state index in [1.54, 1.807) is 6.07 Å². The second kappa shape index (κ2) is 4.93. The minimum atomic E-state index is -0.145. The van der Waals surface area contributed by atoms with Gasteiger partial charge in [-0.25, -0.2) is 4.98 Å². The first-order chi connectivity index (χ1) is 8.77. The molecular weight excluding hydrogens is 304 g/mol. The van der Waals surface area contributed by atoms with E-state index in [-0.39, 0.29) is 11.0 Å². The van der Waals surface area contributed by atoms with Gasteiger partial charge < -0.3 is 4.98 Å². The fourth-order valence-corrected chi connectivity index (χ4v) is 2.02. The van der Waals surface area contributed by atoms with E-state index in [4.69, 9.17) is 0 Å². The number of aromatic amines is 1. The van der Waals surface area contributed by atoms with Gasteiger partial charge in [0.15, 0.2) is 0 Å². The molecule has 2 aromatic rings. The number of halogens is 1. The number of aromatic nitrogens is 2. The van der Waals surface area contributed by atoms with Crippen LogP contribution in [-0.4, -0.2) is 9.97 Å². The SMILES string of the molecule is Cc1cc(-c2nc(C(C)(C)C)cc(=O)[nH]2)ccc1Br. The number of nitrogens with one attached hydrogen (secondary N) is 1. The van der Waals surface area contributed by atoms with Crippen molar-refractivity contribution in [3.8, 4) is 11.4 Å². The Morgan fingerprint density at radius 2 is 1.89 bits per heavy atom. The first-order valence-electron chi connectivity index (χ1n) is 6.16. The fourth-order valence-electron chi connectivity index (χ4n) is 1.77. The van der Waals surface area contributed by atoms with Crippen LogP contribution in [0.5, 0.6) is 0 Å². The maximum absolute atomic E-state index is 11.8. The van der Waals surface area contributed by atoms with Crippen LogP contribution in [0.25, 0.3) is 11.4 Å². The van der Waals surface area contributed by atoms with Gasteiger partial charge >= 0.3 is 0 Å². The summed E-state index contributed by atoms with van der Waals surface area (Å²) >= 11 is 3.47. The number of nitrogens with zero attached hydrogens (tertiary/aromatic N) is 1. The lowest BCUT2D eigenvalue weighted by molar-refractivity contribution is 0.566. The Labute approximate surface area is 121 Å². The van der Waals surface area contributed by atoms with Crippen LogP contribution in [0.1, 0.15) is 32.0 Å². The summed E-state index contributed by atoms with van der Waals surface area (Å²) in [6.45, 7) is 8.15. The van der Waals surface area contributed by atoms with Crippen LogP contribution in [0.4, 0.5) is 0 Å². The quantitative estimate of drug-likeness (QED) is 0.868. The topological polar surface area (TPSA) is 45.8 Å². The molecule has 0 unspecified atom stereocenters. The summed E-state index contributed by atoms with van der Waals surface area (Å²) in [6.07, 6.45) is 0. The van der Waals surface area contributed by atoms with Gasteiger partial charge in [0.05, 0.1) is 5.69 Å². The van der Waals surface area contributed by atoms with Crippen LogP contribution in [-0.2, 0) is 5.41 Å². The molecule has 1 aromatic heterocycles. The molecule has 0 aliphatic carbocycles. The molecule has 0 atom stereocenters. The molecule has 0 spiro atoms. The molecule has 2 rings (SSSR count). The highest BCUT2D eigenvalue weighted by Crippen LogP contribution is 2.24. The highest BCUT2D eigenvalue weighted by atomic mass is 79.9. The van der Waals surface area contributed by atoms with Crippen molar-refractivity contribution in [2.45, 2.75) is 33.1 Å². The fraction of sp³-hybridized carbons (Fsp3) is 0.333. The number of aryl methyl sites for hydroxylation is 1. The number of rotatable bonds is 1. The molecule has 0 aliphatic heterocycles. The second-order valence-electron chi connectivity index (χ2n) is 5.69. The van der Waals surface area contributed by atoms with Gasteiger partial charge in [-0.2, -0.15) is 0 Å². The van der Waals surface area contributed by atoms with Crippen molar-refractivity contribution in [2.75, 3.05) is 0 Å². The van der Waals surface area contributed by atoms with E-state index in [0.717, 1.165) is 21.3 Å². The monoisotopic (exact) mass is 320 g/mol. The van der Waals surface area contributed by atoms with Crippen LogP contribution in [0, 0.1) is 6.92 Å². The van der Waals surface area contributed by atoms with E-state index >= 15 is 0 Å². The van der Waals surface area contributed by atoms with Crippen molar-refractivity contribution in [2.24, 2.45) is 0 Å². The van der Waals surface area contributed by atoms with Crippen LogP contribution in [0.2, 0.25) is 0 Å². The molecule has 1 aromatic carbocycles. The predicted octanol–water partition coefficient (Wildman–Crippen LogP) is 3.81. The van der Waals surface area contributed by atoms with E-state index < -0.39 is 0 Å². The molecule has 0 fully saturated rings. The Balaban J connectivity index is 2.59. The van der Waals surface area contributed by atoms with Crippen molar-refractivity contribution in [1.82, 2.24) is 9.97 Å². The van der Waals surface area contributed by atoms with Gasteiger partial charge in [0.1, 0.15) is 5.82 Å². The summed E-state index contributed by atoms with van der Waals surface area (Å²) < 4.78 is 1.05. The largest absolute Gasteiger partial charge is 0.307 e. The highest BCUT2D eigenvalue weighted by Gasteiger charge is 2.17. The summed E-state index contributed by atoms with van der Waals surface area (Å²) in [5, 5.41) is 0. The highest BCUT2D eigenvalue weighted by molar-refractivity contribution is 9.10. The third-order valence-electron chi connectivity index (χ3n) is 2.94. The van der Waals surface area contributed by atoms with Crippen LogP contribution < -0.4 is 5.56 Å². The average molecular weight is 321 g/mol. The van der Waals surface area contributed by atoms with E-state index in [9.17, 15) is 4.79 Å². The number of benzene rings is 1. The van der Waals surface area contributed by atoms with Crippen LogP contribution >= 0.6 is 15.9 Å². The van der Waals surface area contributed by atoms with Gasteiger partial charge in [-0.1, -0.05) is 42.8 Å². The zero-order chi connectivity index (χ0) is 14.2. The Bertz CT molecular complexity index is 669. The summed E-state index contributed by atoms with van der Waals surface area (Å²) in [6, 6.07) is 7.49. The van der Waals surface area contributed by atoms with Crippen molar-refractivity contribution in [3.63, 3.8) is 0 Å². The van der Waals surface area contributed by atoms with Crippen LogP contribution in [0.3, 0.4) is 0 Å². The lowest BCUT2D eigenvalue weighted by Crippen LogP contribution is -2.19. The maximum Gasteiger partial charge on any atom is 0.251 e. The molecule has 0 amide bonds. The standard InChI is InChI=1S/C15H17BrN2O/c1-9-7-10(5-6-11(9)16)14-17-12(15(2,3)4)8-13(19)18-14/h5-8H,1-4H3,(H,17,18,19). The summed E-state index contributed by atoms with van der Waals surface area (Å²) in [7, 11) is 0. The van der Waals surface area contributed by atoms with Crippen molar-refractivity contribution >= 4 is 15.9 Å². The summed E-state index contributed by atoms with van der Waals surface area (Å²) in [5.41, 5.74) is 2.57. The van der Waals surface area contributed by atoms with Crippen molar-refractivity contribution < 1.29 is 0 Å². The molecule has 0 saturated heterocycles. The predicted molar refractivity (Wildman–Crippen MR) is 81.4 cm³/mol. The lowest BCUT2D eigenvalue weighted by atomic mass is 9.92. The van der Waals surface area contributed by atoms with E-state index in [1.807, 2.05) is 45.9 Å². The third-order valence-corrected chi connectivity index (χ3v) is 3.83. The molecule has 1 heterocycles. The number of H-pyrrole nitrogens is 1. The smallest absolute Gasteiger partial charge is 0.251 e. The molecule has 100 valence electrons. The third kappa shape index (κ3) is 3.13. The van der Waals surface area contributed by atoms with Gasteiger partial charge in [0.25, 0.3) is 5.56 Å². The Morgan fingerprint density at radius 3 is 2.47 bits per heavy atom. The molecule has 19 heavy (non-hydrogen) atoms. The van der Waals surface area contributed by atoms with E-state index in [0.29, 0.717) is 5.82 Å². The number of hydrogen-bond donors (Lipinski definition) is 1. The number of hydrogen-bond acceptors (Lipinski definition) is 2. The average Bonchev–Trinajstić information content (AvgIpc) is 2.31. The molecule has 1 N–H and O–H groups in total. The first-order valence-corrected chi connectivity index (χ1v) is 6.95. The van der Waals surface area contributed by atoms with E-state index in [1.165, 1.54) is 0 Å². The minimum absolute atomic E-state index is 0.115. The van der Waals surface area contributed by atoms with E-state index in [2.05, 4.69) is 25.9 Å². The molecule has 0 bridgehead atoms. The lowest BCUT2D eigenvalue weighted by Gasteiger charge is -2.18. The second-order valence-corrected chi connectivity index (χ2v) is 6.55. The van der Waals surface area contributed by atoms with Crippen LogP contribution in [0.15, 0.2) is 33.5 Å². The molecule has 3 nitrogen and oxygen atoms in total. The van der Waals surface area contributed by atoms with Crippen molar-refractivity contribution in [1.29, 1.82) is 0 Å². The van der Waals surface area contributed by atoms with Gasteiger partial charge in [-0.05, 0) is 24.6 Å². The molecule has 0 aliphatic rings. The van der Waals surface area contributed by atoms with Gasteiger partial charge in [0, 0.05) is 21.5 Å². The minimum Gasteiger partial charge on any atom is -0.307 e. The Hall–Kier alpha value is -1.42.